The van der Waals surface area contributed by atoms with Gasteiger partial charge >= 0.3 is 0 Å². The van der Waals surface area contributed by atoms with E-state index < -0.39 is 0 Å². The number of aromatic nitrogens is 2. The Labute approximate surface area is 94.6 Å². The molecule has 0 spiro atoms. The van der Waals surface area contributed by atoms with Crippen LogP contribution in [0.25, 0.3) is 0 Å². The molecule has 0 aliphatic rings. The molecular weight excluding hydrogens is 202 g/mol. The molecule has 84 valence electrons. The van der Waals surface area contributed by atoms with Crippen LogP contribution in [0.1, 0.15) is 12.5 Å². The molecule has 0 radical (unpaired) electrons. The standard InChI is InChI=1S/C12H15N3O/c1-3-9-5-4-6-10(7-9)16-12-11(13)8-15(2)14-12/h4-8H,3,13H2,1-2H3. The molecule has 0 aliphatic heterocycles. The first-order chi connectivity index (χ1) is 7.69. The zero-order valence-electron chi connectivity index (χ0n) is 9.47. The summed E-state index contributed by atoms with van der Waals surface area (Å²) in [6.45, 7) is 2.11. The molecule has 16 heavy (non-hydrogen) atoms. The Balaban J connectivity index is 2.23. The van der Waals surface area contributed by atoms with Gasteiger partial charge in [-0.2, -0.15) is 0 Å². The first-order valence-electron chi connectivity index (χ1n) is 5.25. The lowest BCUT2D eigenvalue weighted by molar-refractivity contribution is 0.455. The molecule has 0 amide bonds. The Morgan fingerprint density at radius 1 is 1.44 bits per heavy atom. The van der Waals surface area contributed by atoms with Gasteiger partial charge in [0.1, 0.15) is 11.4 Å². The van der Waals surface area contributed by atoms with Crippen molar-refractivity contribution in [3.8, 4) is 11.6 Å². The molecule has 0 fully saturated rings. The third kappa shape index (κ3) is 2.16. The topological polar surface area (TPSA) is 53.1 Å². The number of hydrogen-bond donors (Lipinski definition) is 1. The summed E-state index contributed by atoms with van der Waals surface area (Å²) in [6.07, 6.45) is 2.70. The molecule has 1 heterocycles. The molecule has 1 aromatic heterocycles. The van der Waals surface area contributed by atoms with Gasteiger partial charge in [-0.05, 0) is 24.1 Å². The molecule has 0 bridgehead atoms. The van der Waals surface area contributed by atoms with Crippen molar-refractivity contribution in [1.29, 1.82) is 0 Å². The Bertz CT molecular complexity index is 491. The highest BCUT2D eigenvalue weighted by molar-refractivity contribution is 5.48. The minimum Gasteiger partial charge on any atom is -0.436 e. The minimum absolute atomic E-state index is 0.454. The van der Waals surface area contributed by atoms with Gasteiger partial charge in [0.05, 0.1) is 6.20 Å². The number of hydrogen-bond acceptors (Lipinski definition) is 3. The fraction of sp³-hybridized carbons (Fsp3) is 0.250. The predicted octanol–water partition coefficient (Wildman–Crippen LogP) is 2.36. The van der Waals surface area contributed by atoms with E-state index in [1.54, 1.807) is 10.9 Å². The van der Waals surface area contributed by atoms with Crippen LogP contribution >= 0.6 is 0 Å². The third-order valence-electron chi connectivity index (χ3n) is 2.34. The lowest BCUT2D eigenvalue weighted by Gasteiger charge is -2.04. The van der Waals surface area contributed by atoms with Crippen molar-refractivity contribution < 1.29 is 4.74 Å². The SMILES string of the molecule is CCc1cccc(Oc2nn(C)cc2N)c1. The van der Waals surface area contributed by atoms with E-state index in [1.807, 2.05) is 25.2 Å². The summed E-state index contributed by atoms with van der Waals surface area (Å²) in [5, 5.41) is 4.13. The lowest BCUT2D eigenvalue weighted by Crippen LogP contribution is -1.91. The summed E-state index contributed by atoms with van der Waals surface area (Å²) in [7, 11) is 1.81. The van der Waals surface area contributed by atoms with Gasteiger partial charge in [0.25, 0.3) is 5.88 Å². The molecule has 2 rings (SSSR count). The molecule has 4 heteroatoms. The van der Waals surface area contributed by atoms with Gasteiger partial charge in [0, 0.05) is 7.05 Å². The van der Waals surface area contributed by atoms with Gasteiger partial charge in [-0.15, -0.1) is 5.10 Å². The van der Waals surface area contributed by atoms with Crippen molar-refractivity contribution in [2.45, 2.75) is 13.3 Å². The van der Waals surface area contributed by atoms with Crippen LogP contribution in [0.15, 0.2) is 30.5 Å². The number of benzene rings is 1. The zero-order valence-corrected chi connectivity index (χ0v) is 9.47. The van der Waals surface area contributed by atoms with Gasteiger partial charge in [0.2, 0.25) is 0 Å². The van der Waals surface area contributed by atoms with Gasteiger partial charge < -0.3 is 10.5 Å². The van der Waals surface area contributed by atoms with Crippen LogP contribution in [0, 0.1) is 0 Å². The van der Waals surface area contributed by atoms with Crippen LogP contribution in [0.2, 0.25) is 0 Å². The van der Waals surface area contributed by atoms with Crippen molar-refractivity contribution >= 4 is 5.69 Å². The highest BCUT2D eigenvalue weighted by atomic mass is 16.5. The van der Waals surface area contributed by atoms with Gasteiger partial charge in [-0.25, -0.2) is 0 Å². The molecule has 0 saturated carbocycles. The maximum atomic E-state index is 5.75. The summed E-state index contributed by atoms with van der Waals surface area (Å²) < 4.78 is 7.25. The number of aryl methyl sites for hydroxylation is 2. The van der Waals surface area contributed by atoms with Crippen molar-refractivity contribution in [2.75, 3.05) is 5.73 Å². The predicted molar refractivity (Wildman–Crippen MR) is 63.5 cm³/mol. The number of ether oxygens (including phenoxy) is 1. The van der Waals surface area contributed by atoms with Gasteiger partial charge in [-0.1, -0.05) is 19.1 Å². The van der Waals surface area contributed by atoms with Crippen molar-refractivity contribution in [3.63, 3.8) is 0 Å². The highest BCUT2D eigenvalue weighted by Crippen LogP contribution is 2.25. The molecule has 0 unspecified atom stereocenters. The smallest absolute Gasteiger partial charge is 0.261 e. The Kier molecular flexibility index (Phi) is 2.81. The number of anilines is 1. The number of rotatable bonds is 3. The second kappa shape index (κ2) is 4.26. The average Bonchev–Trinajstić information content (AvgIpc) is 2.58. The Hall–Kier alpha value is -1.97. The second-order valence-corrected chi connectivity index (χ2v) is 3.67. The van der Waals surface area contributed by atoms with E-state index in [0.29, 0.717) is 11.6 Å². The van der Waals surface area contributed by atoms with Crippen LogP contribution in [-0.2, 0) is 13.5 Å². The molecule has 0 saturated heterocycles. The van der Waals surface area contributed by atoms with E-state index in [9.17, 15) is 0 Å². The minimum atomic E-state index is 0.454. The summed E-state index contributed by atoms with van der Waals surface area (Å²) in [5.41, 5.74) is 7.53. The average molecular weight is 217 g/mol. The monoisotopic (exact) mass is 217 g/mol. The molecule has 2 N–H and O–H groups in total. The maximum absolute atomic E-state index is 5.75. The Morgan fingerprint density at radius 3 is 2.88 bits per heavy atom. The van der Waals surface area contributed by atoms with Gasteiger partial charge in [0.15, 0.2) is 0 Å². The Morgan fingerprint density at radius 2 is 2.25 bits per heavy atom. The van der Waals surface area contributed by atoms with Crippen LogP contribution in [0.5, 0.6) is 11.6 Å². The number of nitrogens with zero attached hydrogens (tertiary/aromatic N) is 2. The van der Waals surface area contributed by atoms with Gasteiger partial charge in [-0.3, -0.25) is 4.68 Å². The summed E-state index contributed by atoms with van der Waals surface area (Å²) in [5.74, 6) is 1.22. The van der Waals surface area contributed by atoms with E-state index in [1.165, 1.54) is 5.56 Å². The first kappa shape index (κ1) is 10.5. The number of nitrogens with two attached hydrogens (primary N) is 1. The number of nitrogen functional groups attached to an aromatic ring is 1. The lowest BCUT2D eigenvalue weighted by atomic mass is 10.2. The van der Waals surface area contributed by atoms with E-state index >= 15 is 0 Å². The second-order valence-electron chi connectivity index (χ2n) is 3.67. The van der Waals surface area contributed by atoms with E-state index in [2.05, 4.69) is 18.1 Å². The zero-order chi connectivity index (χ0) is 11.5. The fourth-order valence-corrected chi connectivity index (χ4v) is 1.51. The first-order valence-corrected chi connectivity index (χ1v) is 5.25. The van der Waals surface area contributed by atoms with Crippen LogP contribution in [-0.4, -0.2) is 9.78 Å². The highest BCUT2D eigenvalue weighted by Gasteiger charge is 2.06. The molecule has 2 aromatic rings. The van der Waals surface area contributed by atoms with E-state index in [-0.39, 0.29) is 0 Å². The van der Waals surface area contributed by atoms with E-state index in [0.717, 1.165) is 12.2 Å². The molecular formula is C12H15N3O. The molecule has 4 nitrogen and oxygen atoms in total. The van der Waals surface area contributed by atoms with Crippen molar-refractivity contribution in [1.82, 2.24) is 9.78 Å². The van der Waals surface area contributed by atoms with Crippen LogP contribution in [0.3, 0.4) is 0 Å². The fourth-order valence-electron chi connectivity index (χ4n) is 1.51. The summed E-state index contributed by atoms with van der Waals surface area (Å²) >= 11 is 0. The normalized spacial score (nSPS) is 10.4. The van der Waals surface area contributed by atoms with Crippen molar-refractivity contribution in [3.05, 3.63) is 36.0 Å². The quantitative estimate of drug-likeness (QED) is 0.858. The summed E-state index contributed by atoms with van der Waals surface area (Å²) in [4.78, 5) is 0. The van der Waals surface area contributed by atoms with Crippen LogP contribution < -0.4 is 10.5 Å². The molecule has 0 aliphatic carbocycles. The van der Waals surface area contributed by atoms with Crippen LogP contribution in [0.4, 0.5) is 5.69 Å². The van der Waals surface area contributed by atoms with Crippen molar-refractivity contribution in [2.24, 2.45) is 7.05 Å². The third-order valence-corrected chi connectivity index (χ3v) is 2.34. The molecule has 1 aromatic carbocycles. The van der Waals surface area contributed by atoms with E-state index in [4.69, 9.17) is 10.5 Å². The molecule has 0 atom stereocenters. The largest absolute Gasteiger partial charge is 0.436 e. The maximum Gasteiger partial charge on any atom is 0.261 e. The summed E-state index contributed by atoms with van der Waals surface area (Å²) in [6, 6.07) is 7.92.